The standard InChI is InChI=1S/C32H32N2/c1-5-22(3)33-28-16-10-7-15-26(28)27-21-23(19-20-29(27)33)32(4,6-2)34-30-17-11-8-13-24(30)25-14-9-12-18-31(25)34/h7-22H,5-6H2,1-4H3. The van der Waals surface area contributed by atoms with Gasteiger partial charge in [0.25, 0.3) is 0 Å². The Morgan fingerprint density at radius 2 is 1.15 bits per heavy atom. The minimum Gasteiger partial charge on any atom is -0.338 e. The number of aromatic nitrogens is 2. The van der Waals surface area contributed by atoms with Gasteiger partial charge in [0.2, 0.25) is 0 Å². The molecule has 2 nitrogen and oxygen atoms in total. The Bertz CT molecular complexity index is 1610. The van der Waals surface area contributed by atoms with E-state index in [4.69, 9.17) is 0 Å². The second-order valence-electron chi connectivity index (χ2n) is 9.87. The molecule has 2 heterocycles. The first kappa shape index (κ1) is 21.0. The first-order chi connectivity index (χ1) is 16.6. The summed E-state index contributed by atoms with van der Waals surface area (Å²) >= 11 is 0. The average Bonchev–Trinajstić information content (AvgIpc) is 3.41. The van der Waals surface area contributed by atoms with Crippen molar-refractivity contribution in [3.05, 3.63) is 96.6 Å². The largest absolute Gasteiger partial charge is 0.338 e. The Balaban J connectivity index is 1.67. The monoisotopic (exact) mass is 444 g/mol. The zero-order valence-corrected chi connectivity index (χ0v) is 20.5. The first-order valence-electron chi connectivity index (χ1n) is 12.6. The van der Waals surface area contributed by atoms with Crippen LogP contribution in [0.2, 0.25) is 0 Å². The van der Waals surface area contributed by atoms with Crippen LogP contribution in [0.5, 0.6) is 0 Å². The number of hydrogen-bond acceptors (Lipinski definition) is 0. The third kappa shape index (κ3) is 2.81. The van der Waals surface area contributed by atoms with E-state index < -0.39 is 0 Å². The molecule has 6 aromatic rings. The van der Waals surface area contributed by atoms with Crippen molar-refractivity contribution in [1.29, 1.82) is 0 Å². The Labute approximate surface area is 201 Å². The third-order valence-electron chi connectivity index (χ3n) is 8.13. The van der Waals surface area contributed by atoms with Gasteiger partial charge in [0.15, 0.2) is 0 Å². The molecule has 0 aliphatic carbocycles. The van der Waals surface area contributed by atoms with Gasteiger partial charge in [-0.2, -0.15) is 0 Å². The van der Waals surface area contributed by atoms with Crippen molar-refractivity contribution >= 4 is 43.6 Å². The van der Waals surface area contributed by atoms with E-state index in [0.29, 0.717) is 6.04 Å². The number of rotatable bonds is 5. The number of nitrogens with zero attached hydrogens (tertiary/aromatic N) is 2. The van der Waals surface area contributed by atoms with Crippen LogP contribution in [0.3, 0.4) is 0 Å². The van der Waals surface area contributed by atoms with Crippen molar-refractivity contribution in [2.24, 2.45) is 0 Å². The summed E-state index contributed by atoms with van der Waals surface area (Å²) in [7, 11) is 0. The lowest BCUT2D eigenvalue weighted by atomic mass is 9.87. The van der Waals surface area contributed by atoms with Crippen LogP contribution in [0.4, 0.5) is 0 Å². The predicted octanol–water partition coefficient (Wildman–Crippen LogP) is 9.05. The topological polar surface area (TPSA) is 9.86 Å². The summed E-state index contributed by atoms with van der Waals surface area (Å²) < 4.78 is 5.10. The van der Waals surface area contributed by atoms with E-state index in [1.165, 1.54) is 49.2 Å². The van der Waals surface area contributed by atoms with Crippen LogP contribution < -0.4 is 0 Å². The average molecular weight is 445 g/mol. The fourth-order valence-electron chi connectivity index (χ4n) is 5.94. The van der Waals surface area contributed by atoms with Crippen molar-refractivity contribution in [2.75, 3.05) is 0 Å². The zero-order valence-electron chi connectivity index (χ0n) is 20.5. The number of benzene rings is 4. The van der Waals surface area contributed by atoms with Crippen LogP contribution in [0.1, 0.15) is 52.1 Å². The molecule has 2 aromatic heterocycles. The summed E-state index contributed by atoms with van der Waals surface area (Å²) in [5.74, 6) is 0. The minimum absolute atomic E-state index is 0.170. The molecule has 2 atom stereocenters. The molecule has 0 amide bonds. The van der Waals surface area contributed by atoms with Gasteiger partial charge in [0.1, 0.15) is 0 Å². The molecule has 0 aliphatic rings. The van der Waals surface area contributed by atoms with Crippen LogP contribution in [-0.2, 0) is 5.54 Å². The molecule has 2 unspecified atom stereocenters. The van der Waals surface area contributed by atoms with Gasteiger partial charge >= 0.3 is 0 Å². The van der Waals surface area contributed by atoms with Gasteiger partial charge in [-0.1, -0.05) is 74.5 Å². The Morgan fingerprint density at radius 3 is 1.71 bits per heavy atom. The van der Waals surface area contributed by atoms with Crippen molar-refractivity contribution in [1.82, 2.24) is 9.13 Å². The predicted molar refractivity (Wildman–Crippen MR) is 147 cm³/mol. The summed E-state index contributed by atoms with van der Waals surface area (Å²) in [6.07, 6.45) is 2.12. The van der Waals surface area contributed by atoms with Crippen LogP contribution in [0.15, 0.2) is 91.0 Å². The summed E-state index contributed by atoms with van der Waals surface area (Å²) in [5.41, 5.74) is 6.46. The number of fused-ring (bicyclic) bond motifs is 6. The van der Waals surface area contributed by atoms with Crippen molar-refractivity contribution in [3.63, 3.8) is 0 Å². The van der Waals surface area contributed by atoms with Crippen molar-refractivity contribution in [3.8, 4) is 0 Å². The van der Waals surface area contributed by atoms with Gasteiger partial charge in [-0.3, -0.25) is 0 Å². The van der Waals surface area contributed by atoms with Crippen LogP contribution in [-0.4, -0.2) is 9.13 Å². The number of para-hydroxylation sites is 3. The second kappa shape index (κ2) is 7.77. The van der Waals surface area contributed by atoms with E-state index in [1.807, 2.05) is 0 Å². The van der Waals surface area contributed by atoms with E-state index in [9.17, 15) is 0 Å². The molecule has 0 radical (unpaired) electrons. The smallest absolute Gasteiger partial charge is 0.0672 e. The van der Waals surface area contributed by atoms with Gasteiger partial charge in [-0.25, -0.2) is 0 Å². The molecule has 0 aliphatic heterocycles. The van der Waals surface area contributed by atoms with Crippen molar-refractivity contribution in [2.45, 2.75) is 52.1 Å². The maximum Gasteiger partial charge on any atom is 0.0672 e. The molecule has 0 spiro atoms. The molecule has 0 fully saturated rings. The normalized spacial score (nSPS) is 14.8. The molecule has 2 heteroatoms. The Kier molecular flexibility index (Phi) is 4.81. The summed E-state index contributed by atoms with van der Waals surface area (Å²) in [5, 5.41) is 5.36. The molecular weight excluding hydrogens is 412 g/mol. The first-order valence-corrected chi connectivity index (χ1v) is 12.6. The maximum atomic E-state index is 2.58. The second-order valence-corrected chi connectivity index (χ2v) is 9.87. The quantitative estimate of drug-likeness (QED) is 0.251. The van der Waals surface area contributed by atoms with Gasteiger partial charge in [-0.15, -0.1) is 0 Å². The third-order valence-corrected chi connectivity index (χ3v) is 8.13. The fourth-order valence-corrected chi connectivity index (χ4v) is 5.94. The number of hydrogen-bond donors (Lipinski definition) is 0. The molecule has 0 saturated carbocycles. The highest BCUT2D eigenvalue weighted by Crippen LogP contribution is 2.41. The highest BCUT2D eigenvalue weighted by molar-refractivity contribution is 6.09. The summed E-state index contributed by atoms with van der Waals surface area (Å²) in [6, 6.07) is 34.2. The maximum absolute atomic E-state index is 2.58. The zero-order chi connectivity index (χ0) is 23.4. The summed E-state index contributed by atoms with van der Waals surface area (Å²) in [6.45, 7) is 9.32. The van der Waals surface area contributed by atoms with Crippen LogP contribution in [0, 0.1) is 0 Å². The van der Waals surface area contributed by atoms with E-state index in [-0.39, 0.29) is 5.54 Å². The van der Waals surface area contributed by atoms with Gasteiger partial charge < -0.3 is 9.13 Å². The fraction of sp³-hybridized carbons (Fsp3) is 0.250. The molecule has 34 heavy (non-hydrogen) atoms. The molecular formula is C32H32N2. The molecule has 0 bridgehead atoms. The molecule has 170 valence electrons. The van der Waals surface area contributed by atoms with E-state index in [1.54, 1.807) is 0 Å². The van der Waals surface area contributed by atoms with Gasteiger partial charge in [-0.05, 0) is 62.6 Å². The summed E-state index contributed by atoms with van der Waals surface area (Å²) in [4.78, 5) is 0. The van der Waals surface area contributed by atoms with E-state index in [0.717, 1.165) is 12.8 Å². The molecule has 0 N–H and O–H groups in total. The molecule has 0 saturated heterocycles. The minimum atomic E-state index is -0.170. The van der Waals surface area contributed by atoms with E-state index >= 15 is 0 Å². The van der Waals surface area contributed by atoms with Gasteiger partial charge in [0.05, 0.1) is 5.54 Å². The highest BCUT2D eigenvalue weighted by atomic mass is 15.1. The van der Waals surface area contributed by atoms with Crippen molar-refractivity contribution < 1.29 is 0 Å². The Morgan fingerprint density at radius 1 is 0.647 bits per heavy atom. The van der Waals surface area contributed by atoms with Gasteiger partial charge in [0, 0.05) is 49.7 Å². The SMILES string of the molecule is CCC(C)n1c2ccccc2c2cc(C(C)(CC)n3c4ccccc4c4ccccc43)ccc21. The van der Waals surface area contributed by atoms with Crippen LogP contribution >= 0.6 is 0 Å². The van der Waals surface area contributed by atoms with E-state index in [2.05, 4.69) is 128 Å². The highest BCUT2D eigenvalue weighted by Gasteiger charge is 2.31. The van der Waals surface area contributed by atoms with Crippen LogP contribution in [0.25, 0.3) is 43.6 Å². The lowest BCUT2D eigenvalue weighted by molar-refractivity contribution is 0.403. The Hall–Kier alpha value is -3.52. The molecule has 6 rings (SSSR count). The lowest BCUT2D eigenvalue weighted by Gasteiger charge is -2.33. The molecule has 4 aromatic carbocycles. The lowest BCUT2D eigenvalue weighted by Crippen LogP contribution is -2.30.